The first-order valence-electron chi connectivity index (χ1n) is 8.50. The third-order valence-corrected chi connectivity index (χ3v) is 4.28. The van der Waals surface area contributed by atoms with Gasteiger partial charge in [-0.2, -0.15) is 0 Å². The molecule has 1 saturated heterocycles. The van der Waals surface area contributed by atoms with Crippen molar-refractivity contribution >= 4 is 17.5 Å². The molecule has 1 heterocycles. The number of hydrogen-bond acceptors (Lipinski definition) is 3. The summed E-state index contributed by atoms with van der Waals surface area (Å²) in [5, 5.41) is 3.03. The second-order valence-corrected chi connectivity index (χ2v) is 6.20. The molecule has 0 aliphatic carbocycles. The maximum atomic E-state index is 12.4. The van der Waals surface area contributed by atoms with Crippen LogP contribution < -0.4 is 11.1 Å². The molecule has 2 amide bonds. The van der Waals surface area contributed by atoms with Gasteiger partial charge in [-0.15, -0.1) is 0 Å². The molecule has 3 N–H and O–H groups in total. The topological polar surface area (TPSA) is 75.4 Å². The van der Waals surface area contributed by atoms with E-state index in [4.69, 9.17) is 5.73 Å². The molecule has 0 radical (unpaired) electrons. The third-order valence-electron chi connectivity index (χ3n) is 4.28. The third kappa shape index (κ3) is 5.27. The van der Waals surface area contributed by atoms with Gasteiger partial charge in [-0.3, -0.25) is 9.59 Å². The molecule has 0 bridgehead atoms. The number of likely N-dealkylation sites (tertiary alicyclic amines) is 1. The Kier molecular flexibility index (Phi) is 6.44. The van der Waals surface area contributed by atoms with Gasteiger partial charge < -0.3 is 16.0 Å². The highest BCUT2D eigenvalue weighted by Crippen LogP contribution is 2.16. The van der Waals surface area contributed by atoms with Crippen LogP contribution in [0.25, 0.3) is 0 Å². The zero-order valence-corrected chi connectivity index (χ0v) is 13.9. The van der Waals surface area contributed by atoms with Crippen LogP contribution in [0.15, 0.2) is 24.3 Å². The molecule has 1 aliphatic rings. The van der Waals surface area contributed by atoms with Gasteiger partial charge in [-0.1, -0.05) is 25.1 Å². The second-order valence-electron chi connectivity index (χ2n) is 6.20. The van der Waals surface area contributed by atoms with Crippen molar-refractivity contribution in [2.75, 3.05) is 18.8 Å². The summed E-state index contributed by atoms with van der Waals surface area (Å²) in [6, 6.07) is 7.76. The Balaban J connectivity index is 1.82. The molecule has 1 atom stereocenters. The van der Waals surface area contributed by atoms with Crippen LogP contribution in [0.3, 0.4) is 0 Å². The van der Waals surface area contributed by atoms with Gasteiger partial charge in [-0.25, -0.2) is 0 Å². The monoisotopic (exact) mass is 317 g/mol. The molecule has 0 saturated carbocycles. The summed E-state index contributed by atoms with van der Waals surface area (Å²) in [7, 11) is 0. The zero-order valence-electron chi connectivity index (χ0n) is 13.9. The fourth-order valence-corrected chi connectivity index (χ4v) is 3.01. The summed E-state index contributed by atoms with van der Waals surface area (Å²) in [4.78, 5) is 26.0. The van der Waals surface area contributed by atoms with E-state index in [1.807, 2.05) is 36.1 Å². The molecular formula is C18H27N3O2. The molecule has 126 valence electrons. The number of aryl methyl sites for hydroxylation is 1. The summed E-state index contributed by atoms with van der Waals surface area (Å²) >= 11 is 0. The molecule has 0 spiro atoms. The lowest BCUT2D eigenvalue weighted by atomic mass is 10.0. The van der Waals surface area contributed by atoms with E-state index in [1.54, 1.807) is 0 Å². The number of rotatable bonds is 6. The van der Waals surface area contributed by atoms with Crippen LogP contribution in [0.2, 0.25) is 0 Å². The van der Waals surface area contributed by atoms with E-state index in [0.717, 1.165) is 37.1 Å². The number of carbonyl (C=O) groups is 2. The summed E-state index contributed by atoms with van der Waals surface area (Å²) in [6.07, 6.45) is 4.41. The first-order chi connectivity index (χ1) is 11.1. The Hall–Kier alpha value is -2.04. The standard InChI is InChI=1S/C18H27N3O2/c1-2-6-17(22)20-15-8-5-12-21(13-15)18(23)11-10-14-7-3-4-9-16(14)19/h3-4,7,9,15H,2,5-6,8,10-13,19H2,1H3,(H,20,22). The quantitative estimate of drug-likeness (QED) is 0.789. The van der Waals surface area contributed by atoms with Gasteiger partial charge in [-0.05, 0) is 37.3 Å². The number of para-hydroxylation sites is 1. The summed E-state index contributed by atoms with van der Waals surface area (Å²) in [5.74, 6) is 0.228. The molecule has 1 unspecified atom stereocenters. The van der Waals surface area contributed by atoms with Crippen molar-refractivity contribution in [3.05, 3.63) is 29.8 Å². The minimum atomic E-state index is 0.0869. The normalized spacial score (nSPS) is 17.8. The number of carbonyl (C=O) groups excluding carboxylic acids is 2. The van der Waals surface area contributed by atoms with Gasteiger partial charge in [0.25, 0.3) is 0 Å². The van der Waals surface area contributed by atoms with E-state index in [1.165, 1.54) is 0 Å². The second kappa shape index (κ2) is 8.56. The first kappa shape index (κ1) is 17.3. The molecule has 5 nitrogen and oxygen atoms in total. The van der Waals surface area contributed by atoms with Crippen LogP contribution in [-0.4, -0.2) is 35.8 Å². The molecule has 23 heavy (non-hydrogen) atoms. The Bertz CT molecular complexity index is 545. The number of hydrogen-bond donors (Lipinski definition) is 2. The van der Waals surface area contributed by atoms with Gasteiger partial charge in [0, 0.05) is 37.7 Å². The average molecular weight is 317 g/mol. The Morgan fingerprint density at radius 3 is 2.83 bits per heavy atom. The molecule has 5 heteroatoms. The van der Waals surface area contributed by atoms with Gasteiger partial charge in [0.1, 0.15) is 0 Å². The molecule has 2 rings (SSSR count). The smallest absolute Gasteiger partial charge is 0.222 e. The SMILES string of the molecule is CCCC(=O)NC1CCCN(C(=O)CCc2ccccc2N)C1. The highest BCUT2D eigenvalue weighted by Gasteiger charge is 2.24. The number of nitrogens with two attached hydrogens (primary N) is 1. The van der Waals surface area contributed by atoms with Crippen LogP contribution >= 0.6 is 0 Å². The fraction of sp³-hybridized carbons (Fsp3) is 0.556. The van der Waals surface area contributed by atoms with E-state index >= 15 is 0 Å². The number of nitrogen functional groups attached to an aromatic ring is 1. The molecule has 1 aromatic rings. The van der Waals surface area contributed by atoms with E-state index in [-0.39, 0.29) is 17.9 Å². The largest absolute Gasteiger partial charge is 0.399 e. The molecule has 0 aromatic heterocycles. The van der Waals surface area contributed by atoms with Crippen molar-refractivity contribution in [2.24, 2.45) is 0 Å². The number of amides is 2. The van der Waals surface area contributed by atoms with E-state index < -0.39 is 0 Å². The van der Waals surface area contributed by atoms with Crippen molar-refractivity contribution < 1.29 is 9.59 Å². The van der Waals surface area contributed by atoms with Crippen molar-refractivity contribution in [3.8, 4) is 0 Å². The first-order valence-corrected chi connectivity index (χ1v) is 8.50. The van der Waals surface area contributed by atoms with Crippen molar-refractivity contribution in [1.29, 1.82) is 0 Å². The lowest BCUT2D eigenvalue weighted by Gasteiger charge is -2.33. The Morgan fingerprint density at radius 1 is 1.30 bits per heavy atom. The summed E-state index contributed by atoms with van der Waals surface area (Å²) in [6.45, 7) is 3.40. The Morgan fingerprint density at radius 2 is 2.09 bits per heavy atom. The zero-order chi connectivity index (χ0) is 16.7. The maximum absolute atomic E-state index is 12.4. The number of anilines is 1. The van der Waals surface area contributed by atoms with Gasteiger partial charge in [0.2, 0.25) is 11.8 Å². The Labute approximate surface area is 138 Å². The maximum Gasteiger partial charge on any atom is 0.222 e. The number of nitrogens with zero attached hydrogens (tertiary/aromatic N) is 1. The van der Waals surface area contributed by atoms with Crippen LogP contribution in [0, 0.1) is 0 Å². The number of nitrogens with one attached hydrogen (secondary N) is 1. The average Bonchev–Trinajstić information content (AvgIpc) is 2.54. The predicted octanol–water partition coefficient (Wildman–Crippen LogP) is 2.11. The fourth-order valence-electron chi connectivity index (χ4n) is 3.01. The molecule has 1 aromatic carbocycles. The van der Waals surface area contributed by atoms with Crippen LogP contribution in [-0.2, 0) is 16.0 Å². The van der Waals surface area contributed by atoms with Gasteiger partial charge >= 0.3 is 0 Å². The lowest BCUT2D eigenvalue weighted by Crippen LogP contribution is -2.49. The summed E-state index contributed by atoms with van der Waals surface area (Å²) in [5.41, 5.74) is 7.68. The van der Waals surface area contributed by atoms with Crippen molar-refractivity contribution in [2.45, 2.75) is 51.5 Å². The number of piperidine rings is 1. The van der Waals surface area contributed by atoms with Gasteiger partial charge in [0.05, 0.1) is 0 Å². The highest BCUT2D eigenvalue weighted by atomic mass is 16.2. The minimum absolute atomic E-state index is 0.0869. The lowest BCUT2D eigenvalue weighted by molar-refractivity contribution is -0.133. The predicted molar refractivity (Wildman–Crippen MR) is 91.8 cm³/mol. The number of benzene rings is 1. The van der Waals surface area contributed by atoms with Crippen molar-refractivity contribution in [3.63, 3.8) is 0 Å². The van der Waals surface area contributed by atoms with E-state index in [0.29, 0.717) is 25.8 Å². The van der Waals surface area contributed by atoms with Crippen LogP contribution in [0.4, 0.5) is 5.69 Å². The molecule has 1 fully saturated rings. The molecular weight excluding hydrogens is 290 g/mol. The van der Waals surface area contributed by atoms with E-state index in [2.05, 4.69) is 5.32 Å². The summed E-state index contributed by atoms with van der Waals surface area (Å²) < 4.78 is 0. The molecule has 1 aliphatic heterocycles. The van der Waals surface area contributed by atoms with Crippen LogP contribution in [0.1, 0.15) is 44.6 Å². The van der Waals surface area contributed by atoms with Crippen LogP contribution in [0.5, 0.6) is 0 Å². The minimum Gasteiger partial charge on any atom is -0.399 e. The van der Waals surface area contributed by atoms with Gasteiger partial charge in [0.15, 0.2) is 0 Å². The van der Waals surface area contributed by atoms with E-state index in [9.17, 15) is 9.59 Å². The highest BCUT2D eigenvalue weighted by molar-refractivity contribution is 5.78. The van der Waals surface area contributed by atoms with Crippen molar-refractivity contribution in [1.82, 2.24) is 10.2 Å².